The number of aromatic nitrogens is 4. The van der Waals surface area contributed by atoms with Crippen molar-refractivity contribution < 1.29 is 30.4 Å². The van der Waals surface area contributed by atoms with Gasteiger partial charge in [-0.3, -0.25) is 4.57 Å². The van der Waals surface area contributed by atoms with Crippen molar-refractivity contribution in [2.45, 2.75) is 78.6 Å². The third-order valence-electron chi connectivity index (χ3n) is 11.6. The molecule has 3 aromatic heterocycles. The van der Waals surface area contributed by atoms with Gasteiger partial charge in [-0.25, -0.2) is 4.98 Å². The number of pyridine rings is 1. The molecular weight excluding hydrogens is 940 g/mol. The van der Waals surface area contributed by atoms with Crippen LogP contribution in [0.5, 0.6) is 11.5 Å². The first-order valence-electron chi connectivity index (χ1n) is 21.1. The van der Waals surface area contributed by atoms with Crippen LogP contribution in [0.25, 0.3) is 61.3 Å². The van der Waals surface area contributed by atoms with Crippen molar-refractivity contribution in [1.29, 1.82) is 0 Å². The number of nitrogens with zero attached hydrogens (tertiary/aromatic N) is 4. The van der Waals surface area contributed by atoms with Crippen LogP contribution in [0.1, 0.15) is 79.0 Å². The van der Waals surface area contributed by atoms with Crippen molar-refractivity contribution in [3.63, 3.8) is 0 Å². The Morgan fingerprint density at radius 2 is 1.19 bits per heavy atom. The van der Waals surface area contributed by atoms with Gasteiger partial charge in [0.2, 0.25) is 0 Å². The first kappa shape index (κ1) is 42.7. The Bertz CT molecular complexity index is 3050. The van der Waals surface area contributed by atoms with Gasteiger partial charge in [-0.15, -0.1) is 35.2 Å². The van der Waals surface area contributed by atoms with Gasteiger partial charge in [0.25, 0.3) is 6.33 Å². The van der Waals surface area contributed by atoms with Crippen molar-refractivity contribution in [1.82, 2.24) is 14.1 Å². The van der Waals surface area contributed by atoms with Crippen LogP contribution in [0.2, 0.25) is 0 Å². The van der Waals surface area contributed by atoms with Crippen molar-refractivity contribution in [2.24, 2.45) is 0 Å². The summed E-state index contributed by atoms with van der Waals surface area (Å²) in [4.78, 5) is 4.94. The normalized spacial score (nSPS) is 12.1. The molecule has 3 heterocycles. The fraction of sp³-hybridized carbons (Fsp3) is 0.214. The van der Waals surface area contributed by atoms with E-state index in [2.05, 4.69) is 211 Å². The first-order valence-corrected chi connectivity index (χ1v) is 21.1. The number of benzene rings is 6. The van der Waals surface area contributed by atoms with Gasteiger partial charge in [-0.1, -0.05) is 153 Å². The minimum absolute atomic E-state index is 0. The Balaban J connectivity index is 0.00000529. The Morgan fingerprint density at radius 1 is 0.565 bits per heavy atom. The fourth-order valence-corrected chi connectivity index (χ4v) is 7.97. The van der Waals surface area contributed by atoms with Crippen LogP contribution in [-0.4, -0.2) is 14.1 Å². The summed E-state index contributed by atoms with van der Waals surface area (Å²) in [5, 5.41) is 2.24. The maximum Gasteiger partial charge on any atom is 0.267 e. The van der Waals surface area contributed by atoms with Crippen molar-refractivity contribution in [3.05, 3.63) is 187 Å². The van der Waals surface area contributed by atoms with Crippen molar-refractivity contribution in [2.75, 3.05) is 0 Å². The number of hydrogen-bond donors (Lipinski definition) is 0. The van der Waals surface area contributed by atoms with Gasteiger partial charge in [-0.05, 0) is 85.0 Å². The van der Waals surface area contributed by atoms with Crippen LogP contribution in [0.3, 0.4) is 0 Å². The molecule has 0 atom stereocenters. The zero-order chi connectivity index (χ0) is 42.7. The van der Waals surface area contributed by atoms with Gasteiger partial charge in [-0.2, -0.15) is 12.1 Å². The standard InChI is InChI=1S/C56H52N4O.Pt/c1-54(2,3)41-21-25-50(49(32-41)39-18-14-11-15-19-39)59-29-28-58(37-59)44-30-40(38-16-12-10-13-17-38)31-46(35-44)61-45-22-24-48-47-23-20-42(55(4,5)6)33-51(47)60(52(48)36-45)53-34-43(26-27-57-53)56(7,8)9;/h10-34H,1-9H3;/q-2;. The molecule has 0 saturated heterocycles. The summed E-state index contributed by atoms with van der Waals surface area (Å²) in [7, 11) is 0. The molecule has 0 aliphatic heterocycles. The third kappa shape index (κ3) is 8.44. The summed E-state index contributed by atoms with van der Waals surface area (Å²) in [6.07, 6.45) is 9.60. The van der Waals surface area contributed by atoms with Gasteiger partial charge >= 0.3 is 0 Å². The monoisotopic (exact) mass is 991 g/mol. The van der Waals surface area contributed by atoms with Crippen LogP contribution in [0.4, 0.5) is 0 Å². The van der Waals surface area contributed by atoms with E-state index >= 15 is 0 Å². The topological polar surface area (TPSA) is 35.9 Å². The van der Waals surface area contributed by atoms with E-state index < -0.39 is 0 Å². The van der Waals surface area contributed by atoms with E-state index in [4.69, 9.17) is 9.72 Å². The molecule has 0 aliphatic carbocycles. The Labute approximate surface area is 381 Å². The molecule has 0 amide bonds. The van der Waals surface area contributed by atoms with E-state index in [-0.39, 0.29) is 37.3 Å². The summed E-state index contributed by atoms with van der Waals surface area (Å²) >= 11 is 0. The molecule has 0 bridgehead atoms. The third-order valence-corrected chi connectivity index (χ3v) is 11.6. The van der Waals surface area contributed by atoms with Crippen LogP contribution in [0.15, 0.2) is 152 Å². The SMILES string of the molecule is CC(C)(C)c1ccnc(-n2c3[c-]c(Oc4[c-]c(-n5[c-][n+](-c6ccc(C(C)(C)C)cc6-c6ccccc6)cc5)cc(-c5ccccc5)c4)ccc3c3ccc(C(C)(C)C)cc32)c1.[Pt]. The average Bonchev–Trinajstić information content (AvgIpc) is 3.86. The molecule has 0 fully saturated rings. The molecule has 5 nitrogen and oxygen atoms in total. The van der Waals surface area contributed by atoms with Crippen molar-refractivity contribution in [3.8, 4) is 50.9 Å². The zero-order valence-corrected chi connectivity index (χ0v) is 39.2. The molecule has 0 N–H and O–H groups in total. The number of rotatable bonds is 7. The summed E-state index contributed by atoms with van der Waals surface area (Å²) < 4.78 is 13.1. The van der Waals surface area contributed by atoms with E-state index in [0.29, 0.717) is 11.5 Å². The quantitative estimate of drug-likeness (QED) is 0.118. The van der Waals surface area contributed by atoms with Gasteiger partial charge < -0.3 is 13.9 Å². The van der Waals surface area contributed by atoms with Gasteiger partial charge in [0, 0.05) is 56.7 Å². The molecule has 6 heteroatoms. The molecule has 9 aromatic rings. The largest absolute Gasteiger partial charge is 0.510 e. The Morgan fingerprint density at radius 3 is 1.89 bits per heavy atom. The van der Waals surface area contributed by atoms with E-state index in [1.807, 2.05) is 35.2 Å². The van der Waals surface area contributed by atoms with Gasteiger partial charge in [0.1, 0.15) is 5.82 Å². The fourth-order valence-electron chi connectivity index (χ4n) is 7.97. The summed E-state index contributed by atoms with van der Waals surface area (Å²) in [6, 6.07) is 54.4. The number of imidazole rings is 1. The molecule has 0 aliphatic rings. The second-order valence-corrected chi connectivity index (χ2v) is 19.1. The number of fused-ring (bicyclic) bond motifs is 3. The second kappa shape index (κ2) is 16.3. The molecule has 314 valence electrons. The van der Waals surface area contributed by atoms with E-state index in [0.717, 1.165) is 61.3 Å². The van der Waals surface area contributed by atoms with Crippen LogP contribution in [0, 0.1) is 18.5 Å². The first-order chi connectivity index (χ1) is 29.1. The van der Waals surface area contributed by atoms with Gasteiger partial charge in [0.15, 0.2) is 0 Å². The Kier molecular flexibility index (Phi) is 11.2. The summed E-state index contributed by atoms with van der Waals surface area (Å²) in [5.41, 5.74) is 11.9. The Hall–Kier alpha value is -6.03. The zero-order valence-electron chi connectivity index (χ0n) is 36.9. The molecule has 62 heavy (non-hydrogen) atoms. The predicted molar refractivity (Wildman–Crippen MR) is 249 cm³/mol. The minimum Gasteiger partial charge on any atom is -0.510 e. The van der Waals surface area contributed by atoms with E-state index in [1.165, 1.54) is 16.7 Å². The van der Waals surface area contributed by atoms with E-state index in [9.17, 15) is 0 Å². The molecule has 6 aromatic carbocycles. The molecule has 0 spiro atoms. The smallest absolute Gasteiger partial charge is 0.267 e. The second-order valence-electron chi connectivity index (χ2n) is 19.1. The molecule has 0 radical (unpaired) electrons. The van der Waals surface area contributed by atoms with Crippen LogP contribution < -0.4 is 9.30 Å². The summed E-state index contributed by atoms with van der Waals surface area (Å²) in [6.45, 7) is 20.2. The minimum atomic E-state index is -0.0419. The van der Waals surface area contributed by atoms with E-state index in [1.54, 1.807) is 0 Å². The predicted octanol–water partition coefficient (Wildman–Crippen LogP) is 13.7. The van der Waals surface area contributed by atoms with Crippen LogP contribution in [-0.2, 0) is 37.3 Å². The number of ether oxygens (including phenoxy) is 1. The summed E-state index contributed by atoms with van der Waals surface area (Å²) in [5.74, 6) is 2.02. The number of hydrogen-bond acceptors (Lipinski definition) is 2. The molecule has 0 unspecified atom stereocenters. The van der Waals surface area contributed by atoms with Crippen LogP contribution >= 0.6 is 0 Å². The molecular formula is C56H52N4OPt-2. The van der Waals surface area contributed by atoms with Crippen molar-refractivity contribution >= 4 is 21.8 Å². The maximum absolute atomic E-state index is 6.79. The molecule has 9 rings (SSSR count). The molecule has 0 saturated carbocycles. The maximum atomic E-state index is 6.79. The van der Waals surface area contributed by atoms with Gasteiger partial charge in [0.05, 0.1) is 5.69 Å². The average molecular weight is 992 g/mol.